The Bertz CT molecular complexity index is 1620. The molecule has 0 atom stereocenters. The summed E-state index contributed by atoms with van der Waals surface area (Å²) in [6.45, 7) is 4.25. The molecule has 3 aromatic heterocycles. The largest absolute Gasteiger partial charge is 0.344 e. The summed E-state index contributed by atoms with van der Waals surface area (Å²) in [6.07, 6.45) is 7.13. The number of nitrogens with zero attached hydrogens (tertiary/aromatic N) is 5. The lowest BCUT2D eigenvalue weighted by Crippen LogP contribution is -2.24. The minimum atomic E-state index is -0.0953. The summed E-state index contributed by atoms with van der Waals surface area (Å²) in [7, 11) is 1.97. The van der Waals surface area contributed by atoms with Crippen molar-refractivity contribution in [2.24, 2.45) is 7.05 Å². The van der Waals surface area contributed by atoms with E-state index in [-0.39, 0.29) is 5.56 Å². The van der Waals surface area contributed by atoms with Gasteiger partial charge in [0.2, 0.25) is 0 Å². The van der Waals surface area contributed by atoms with Gasteiger partial charge in [-0.3, -0.25) is 18.8 Å². The van der Waals surface area contributed by atoms with Gasteiger partial charge in [-0.1, -0.05) is 0 Å². The topological polar surface area (TPSA) is 65.1 Å². The number of carbonyl (C=O) groups is 1. The molecule has 0 radical (unpaired) electrons. The number of hydrogen-bond acceptors (Lipinski definition) is 4. The molecular formula is C28H27N5O2. The summed E-state index contributed by atoms with van der Waals surface area (Å²) in [4.78, 5) is 26.7. The average molecular weight is 466 g/mol. The van der Waals surface area contributed by atoms with E-state index in [1.165, 1.54) is 25.9 Å². The first-order valence-electron chi connectivity index (χ1n) is 12.1. The van der Waals surface area contributed by atoms with Gasteiger partial charge in [-0.05, 0) is 74.5 Å². The van der Waals surface area contributed by atoms with Crippen molar-refractivity contribution < 1.29 is 4.79 Å². The van der Waals surface area contributed by atoms with Gasteiger partial charge in [-0.15, -0.1) is 0 Å². The van der Waals surface area contributed by atoms with E-state index in [1.807, 2.05) is 66.5 Å². The lowest BCUT2D eigenvalue weighted by Gasteiger charge is -2.14. The van der Waals surface area contributed by atoms with Crippen molar-refractivity contribution in [2.75, 3.05) is 19.6 Å². The number of aromatic nitrogens is 4. The van der Waals surface area contributed by atoms with Crippen LogP contribution in [0.25, 0.3) is 38.8 Å². The highest BCUT2D eigenvalue weighted by Gasteiger charge is 2.13. The van der Waals surface area contributed by atoms with Crippen molar-refractivity contribution in [1.29, 1.82) is 0 Å². The van der Waals surface area contributed by atoms with Crippen LogP contribution < -0.4 is 5.56 Å². The van der Waals surface area contributed by atoms with Crippen LogP contribution in [-0.4, -0.2) is 49.7 Å². The van der Waals surface area contributed by atoms with E-state index in [0.717, 1.165) is 58.1 Å². The monoisotopic (exact) mass is 465 g/mol. The zero-order chi connectivity index (χ0) is 23.9. The van der Waals surface area contributed by atoms with Gasteiger partial charge in [0.1, 0.15) is 6.29 Å². The summed E-state index contributed by atoms with van der Waals surface area (Å²) >= 11 is 0. The molecule has 0 bridgehead atoms. The zero-order valence-corrected chi connectivity index (χ0v) is 19.7. The van der Waals surface area contributed by atoms with Crippen LogP contribution in [0, 0.1) is 0 Å². The highest BCUT2D eigenvalue weighted by atomic mass is 16.1. The number of carbonyl (C=O) groups excluding carboxylic acids is 1. The van der Waals surface area contributed by atoms with E-state index in [9.17, 15) is 9.59 Å². The molecular weight excluding hydrogens is 438 g/mol. The molecule has 1 aliphatic heterocycles. The van der Waals surface area contributed by atoms with Gasteiger partial charge in [0.25, 0.3) is 5.56 Å². The van der Waals surface area contributed by atoms with E-state index >= 15 is 0 Å². The molecule has 0 unspecified atom stereocenters. The fraction of sp³-hybridized carbons (Fsp3) is 0.250. The Morgan fingerprint density at radius 2 is 1.74 bits per heavy atom. The second kappa shape index (κ2) is 8.67. The van der Waals surface area contributed by atoms with Crippen LogP contribution in [0.3, 0.4) is 0 Å². The zero-order valence-electron chi connectivity index (χ0n) is 19.7. The molecule has 2 aromatic carbocycles. The van der Waals surface area contributed by atoms with Crippen molar-refractivity contribution in [1.82, 2.24) is 23.8 Å². The summed E-state index contributed by atoms with van der Waals surface area (Å²) in [5, 5.41) is 6.59. The quantitative estimate of drug-likeness (QED) is 0.352. The molecule has 0 aliphatic carbocycles. The molecule has 0 saturated carbocycles. The molecule has 6 rings (SSSR count). The first-order valence-corrected chi connectivity index (χ1v) is 12.1. The summed E-state index contributed by atoms with van der Waals surface area (Å²) in [6, 6.07) is 17.3. The Morgan fingerprint density at radius 3 is 2.54 bits per heavy atom. The minimum Gasteiger partial charge on any atom is -0.344 e. The van der Waals surface area contributed by atoms with E-state index in [0.29, 0.717) is 5.56 Å². The predicted octanol–water partition coefficient (Wildman–Crippen LogP) is 4.25. The van der Waals surface area contributed by atoms with Gasteiger partial charge in [0.05, 0.1) is 18.3 Å². The van der Waals surface area contributed by atoms with E-state index < -0.39 is 0 Å². The Kier molecular flexibility index (Phi) is 5.34. The first kappa shape index (κ1) is 21.6. The molecule has 4 heterocycles. The molecule has 0 spiro atoms. The third-order valence-electron chi connectivity index (χ3n) is 7.15. The second-order valence-corrected chi connectivity index (χ2v) is 9.31. The first-order chi connectivity index (χ1) is 17.1. The van der Waals surface area contributed by atoms with Gasteiger partial charge in [0.15, 0.2) is 0 Å². The average Bonchev–Trinajstić information content (AvgIpc) is 3.61. The van der Waals surface area contributed by atoms with Gasteiger partial charge < -0.3 is 9.47 Å². The molecule has 1 fully saturated rings. The third kappa shape index (κ3) is 3.88. The third-order valence-corrected chi connectivity index (χ3v) is 7.15. The van der Waals surface area contributed by atoms with Crippen LogP contribution in [0.15, 0.2) is 71.8 Å². The maximum absolute atomic E-state index is 13.1. The van der Waals surface area contributed by atoms with E-state index in [2.05, 4.69) is 20.7 Å². The van der Waals surface area contributed by atoms with Crippen LogP contribution in [0.2, 0.25) is 0 Å². The number of hydrogen-bond donors (Lipinski definition) is 0. The van der Waals surface area contributed by atoms with Gasteiger partial charge in [-0.2, -0.15) is 5.10 Å². The van der Waals surface area contributed by atoms with Crippen LogP contribution >= 0.6 is 0 Å². The van der Waals surface area contributed by atoms with Crippen molar-refractivity contribution in [3.8, 4) is 16.9 Å². The van der Waals surface area contributed by atoms with Crippen LogP contribution in [-0.2, 0) is 13.6 Å². The standard InChI is InChI=1S/C28H27N5O2/c1-30-25-6-4-20(19-34)14-22(25)16-27(30)21-8-11-32(28(35)17-21)24-5-7-26-23(15-24)18-29-33(26)13-12-31-9-2-3-10-31/h4-8,11,14-19H,2-3,9-10,12-13H2,1H3. The number of likely N-dealkylation sites (tertiary alicyclic amines) is 1. The number of pyridine rings is 1. The normalized spacial score (nSPS) is 14.3. The van der Waals surface area contributed by atoms with Crippen LogP contribution in [0.4, 0.5) is 0 Å². The number of aryl methyl sites for hydroxylation is 1. The summed E-state index contributed by atoms with van der Waals surface area (Å²) in [5.74, 6) is 0. The van der Waals surface area contributed by atoms with Crippen molar-refractivity contribution in [3.05, 3.63) is 82.9 Å². The van der Waals surface area contributed by atoms with Gasteiger partial charge >= 0.3 is 0 Å². The Morgan fingerprint density at radius 1 is 0.914 bits per heavy atom. The minimum absolute atomic E-state index is 0.0953. The molecule has 0 amide bonds. The molecule has 176 valence electrons. The van der Waals surface area contributed by atoms with Gasteiger partial charge in [0, 0.05) is 64.7 Å². The fourth-order valence-corrected chi connectivity index (χ4v) is 5.21. The molecule has 0 N–H and O–H groups in total. The van der Waals surface area contributed by atoms with E-state index in [1.54, 1.807) is 10.6 Å². The highest BCUT2D eigenvalue weighted by molar-refractivity contribution is 5.91. The summed E-state index contributed by atoms with van der Waals surface area (Å²) < 4.78 is 5.77. The molecule has 1 aliphatic rings. The predicted molar refractivity (Wildman–Crippen MR) is 138 cm³/mol. The molecule has 7 heteroatoms. The van der Waals surface area contributed by atoms with Gasteiger partial charge in [-0.25, -0.2) is 0 Å². The molecule has 7 nitrogen and oxygen atoms in total. The van der Waals surface area contributed by atoms with Crippen LogP contribution in [0.1, 0.15) is 23.2 Å². The number of aldehydes is 1. The Balaban J connectivity index is 1.29. The van der Waals surface area contributed by atoms with Crippen molar-refractivity contribution in [2.45, 2.75) is 19.4 Å². The lowest BCUT2D eigenvalue weighted by molar-refractivity contribution is 0.112. The lowest BCUT2D eigenvalue weighted by atomic mass is 10.1. The number of fused-ring (bicyclic) bond motifs is 2. The molecule has 5 aromatic rings. The second-order valence-electron chi connectivity index (χ2n) is 9.31. The maximum Gasteiger partial charge on any atom is 0.255 e. The fourth-order valence-electron chi connectivity index (χ4n) is 5.21. The molecule has 1 saturated heterocycles. The summed E-state index contributed by atoms with van der Waals surface area (Å²) in [5.41, 5.74) is 5.24. The van der Waals surface area contributed by atoms with Crippen molar-refractivity contribution >= 4 is 28.1 Å². The SMILES string of the molecule is Cn1c(-c2ccn(-c3ccc4c(cnn4CCN4CCCC4)c3)c(=O)c2)cc2cc(C=O)ccc21. The Hall–Kier alpha value is -3.97. The molecule has 35 heavy (non-hydrogen) atoms. The maximum atomic E-state index is 13.1. The van der Waals surface area contributed by atoms with Crippen molar-refractivity contribution in [3.63, 3.8) is 0 Å². The number of rotatable bonds is 6. The highest BCUT2D eigenvalue weighted by Crippen LogP contribution is 2.27. The number of benzene rings is 2. The van der Waals surface area contributed by atoms with Crippen LogP contribution in [0.5, 0.6) is 0 Å². The Labute approximate surface area is 202 Å². The smallest absolute Gasteiger partial charge is 0.255 e. The van der Waals surface area contributed by atoms with E-state index in [4.69, 9.17) is 0 Å².